The van der Waals surface area contributed by atoms with Crippen molar-refractivity contribution >= 4 is 0 Å². The van der Waals surface area contributed by atoms with E-state index in [4.69, 9.17) is 9.47 Å². The molecular weight excluding hydrogens is 250 g/mol. The zero-order valence-electron chi connectivity index (χ0n) is 13.3. The maximum absolute atomic E-state index is 5.81. The molecule has 1 aromatic rings. The fourth-order valence-corrected chi connectivity index (χ4v) is 3.01. The number of hydrogen-bond donors (Lipinski definition) is 1. The van der Waals surface area contributed by atoms with Gasteiger partial charge in [-0.1, -0.05) is 39.8 Å². The Bertz CT molecular complexity index is 451. The van der Waals surface area contributed by atoms with Gasteiger partial charge in [-0.2, -0.15) is 0 Å². The van der Waals surface area contributed by atoms with Crippen LogP contribution in [0.1, 0.15) is 44.9 Å². The van der Waals surface area contributed by atoms with Crippen LogP contribution in [0.4, 0.5) is 0 Å². The molecule has 0 bridgehead atoms. The first kappa shape index (κ1) is 15.3. The average molecular weight is 277 g/mol. The lowest BCUT2D eigenvalue weighted by Crippen LogP contribution is -2.41. The normalized spacial score (nSPS) is 17.4. The van der Waals surface area contributed by atoms with Gasteiger partial charge in [-0.3, -0.25) is 0 Å². The van der Waals surface area contributed by atoms with Crippen molar-refractivity contribution in [2.75, 3.05) is 20.3 Å². The number of likely N-dealkylation sites (N-methyl/N-ethyl adjacent to an activating group) is 1. The predicted octanol–water partition coefficient (Wildman–Crippen LogP) is 3.33. The van der Waals surface area contributed by atoms with E-state index in [9.17, 15) is 0 Å². The lowest BCUT2D eigenvalue weighted by atomic mass is 9.81. The van der Waals surface area contributed by atoms with E-state index < -0.39 is 0 Å². The number of hydrogen-bond acceptors (Lipinski definition) is 3. The molecule has 112 valence electrons. The van der Waals surface area contributed by atoms with Crippen LogP contribution in [-0.2, 0) is 11.2 Å². The van der Waals surface area contributed by atoms with Crippen molar-refractivity contribution in [1.82, 2.24) is 5.32 Å². The summed E-state index contributed by atoms with van der Waals surface area (Å²) in [4.78, 5) is 0. The first-order valence-corrected chi connectivity index (χ1v) is 7.49. The number of rotatable bonds is 5. The summed E-state index contributed by atoms with van der Waals surface area (Å²) < 4.78 is 11.4. The van der Waals surface area contributed by atoms with Crippen LogP contribution >= 0.6 is 0 Å². The van der Waals surface area contributed by atoms with Crippen LogP contribution in [-0.4, -0.2) is 26.4 Å². The van der Waals surface area contributed by atoms with Crippen molar-refractivity contribution in [3.8, 4) is 5.75 Å². The molecule has 1 aliphatic rings. The first-order chi connectivity index (χ1) is 9.47. The van der Waals surface area contributed by atoms with Gasteiger partial charge in [0.25, 0.3) is 0 Å². The van der Waals surface area contributed by atoms with Gasteiger partial charge in [0.1, 0.15) is 5.75 Å². The van der Waals surface area contributed by atoms with Gasteiger partial charge < -0.3 is 14.8 Å². The quantitative estimate of drug-likeness (QED) is 0.895. The molecular formula is C17H27NO2. The Morgan fingerprint density at radius 1 is 1.35 bits per heavy atom. The topological polar surface area (TPSA) is 30.5 Å². The highest BCUT2D eigenvalue weighted by Crippen LogP contribution is 2.35. The summed E-state index contributed by atoms with van der Waals surface area (Å²) >= 11 is 0. The summed E-state index contributed by atoms with van der Waals surface area (Å²) in [5.41, 5.74) is 2.68. The van der Waals surface area contributed by atoms with Gasteiger partial charge in [-0.25, -0.2) is 0 Å². The van der Waals surface area contributed by atoms with E-state index >= 15 is 0 Å². The molecule has 0 saturated carbocycles. The fourth-order valence-electron chi connectivity index (χ4n) is 3.01. The van der Waals surface area contributed by atoms with Crippen LogP contribution in [0.3, 0.4) is 0 Å². The molecule has 20 heavy (non-hydrogen) atoms. The number of ether oxygens (including phenoxy) is 2. The molecule has 0 fully saturated rings. The molecule has 0 aliphatic carbocycles. The molecule has 0 spiro atoms. The Morgan fingerprint density at radius 2 is 2.10 bits per heavy atom. The fraction of sp³-hybridized carbons (Fsp3) is 0.647. The van der Waals surface area contributed by atoms with Crippen LogP contribution in [0.2, 0.25) is 0 Å². The van der Waals surface area contributed by atoms with Crippen LogP contribution in [0.25, 0.3) is 0 Å². The van der Waals surface area contributed by atoms with Crippen molar-refractivity contribution < 1.29 is 9.47 Å². The van der Waals surface area contributed by atoms with E-state index in [1.54, 1.807) is 7.11 Å². The molecule has 0 amide bonds. The number of methoxy groups -OCH3 is 1. The predicted molar refractivity (Wildman–Crippen MR) is 82.3 cm³/mol. The Kier molecular flexibility index (Phi) is 4.71. The Labute approximate surface area is 122 Å². The lowest BCUT2D eigenvalue weighted by Gasteiger charge is -2.36. The van der Waals surface area contributed by atoms with Crippen LogP contribution in [0.15, 0.2) is 18.2 Å². The molecule has 1 heterocycles. The van der Waals surface area contributed by atoms with E-state index in [1.165, 1.54) is 11.1 Å². The Morgan fingerprint density at radius 3 is 2.70 bits per heavy atom. The second-order valence-corrected chi connectivity index (χ2v) is 6.52. The minimum Gasteiger partial charge on any atom is -0.493 e. The second kappa shape index (κ2) is 6.15. The van der Waals surface area contributed by atoms with Gasteiger partial charge in [0.2, 0.25) is 0 Å². The summed E-state index contributed by atoms with van der Waals surface area (Å²) in [6.45, 7) is 10.5. The van der Waals surface area contributed by atoms with Gasteiger partial charge in [-0.05, 0) is 29.2 Å². The summed E-state index contributed by atoms with van der Waals surface area (Å²) in [7, 11) is 1.80. The number of nitrogens with one attached hydrogen (secondary N) is 1. The van der Waals surface area contributed by atoms with Crippen molar-refractivity contribution in [3.63, 3.8) is 0 Å². The zero-order chi connectivity index (χ0) is 14.8. The molecule has 0 aromatic heterocycles. The third-order valence-electron chi connectivity index (χ3n) is 3.91. The van der Waals surface area contributed by atoms with Crippen LogP contribution < -0.4 is 10.1 Å². The Hall–Kier alpha value is -1.06. The van der Waals surface area contributed by atoms with Gasteiger partial charge >= 0.3 is 0 Å². The minimum atomic E-state index is 0.0805. The molecule has 1 N–H and O–H groups in total. The third kappa shape index (κ3) is 3.15. The van der Waals surface area contributed by atoms with Gasteiger partial charge in [-0.15, -0.1) is 0 Å². The van der Waals surface area contributed by atoms with Crippen molar-refractivity contribution in [2.24, 2.45) is 5.41 Å². The highest BCUT2D eigenvalue weighted by Gasteiger charge is 2.33. The highest BCUT2D eigenvalue weighted by atomic mass is 16.5. The average Bonchev–Trinajstić information content (AvgIpc) is 2.84. The van der Waals surface area contributed by atoms with Gasteiger partial charge in [0.15, 0.2) is 0 Å². The molecule has 3 nitrogen and oxygen atoms in total. The van der Waals surface area contributed by atoms with E-state index in [1.807, 2.05) is 0 Å². The van der Waals surface area contributed by atoms with Crippen LogP contribution in [0.5, 0.6) is 5.75 Å². The maximum Gasteiger partial charge on any atom is 0.122 e. The van der Waals surface area contributed by atoms with Crippen molar-refractivity contribution in [3.05, 3.63) is 29.3 Å². The van der Waals surface area contributed by atoms with E-state index in [2.05, 4.69) is 51.2 Å². The first-order valence-electron chi connectivity index (χ1n) is 7.49. The zero-order valence-corrected chi connectivity index (χ0v) is 13.3. The van der Waals surface area contributed by atoms with E-state index in [0.717, 1.165) is 25.3 Å². The lowest BCUT2D eigenvalue weighted by molar-refractivity contribution is -0.0116. The molecule has 1 aromatic carbocycles. The van der Waals surface area contributed by atoms with Crippen molar-refractivity contribution in [1.29, 1.82) is 0 Å². The monoisotopic (exact) mass is 277 g/mol. The summed E-state index contributed by atoms with van der Waals surface area (Å²) in [6.07, 6.45) is 1.14. The van der Waals surface area contributed by atoms with Crippen molar-refractivity contribution in [2.45, 2.75) is 46.3 Å². The summed E-state index contributed by atoms with van der Waals surface area (Å²) in [5, 5.41) is 3.58. The molecule has 0 radical (unpaired) electrons. The number of fused-ring (bicyclic) bond motifs is 1. The SMILES string of the molecule is CCNC(c1ccc2c(c1)CCO2)C(OC)C(C)(C)C. The second-order valence-electron chi connectivity index (χ2n) is 6.52. The smallest absolute Gasteiger partial charge is 0.122 e. The summed E-state index contributed by atoms with van der Waals surface area (Å²) in [6, 6.07) is 6.73. The Balaban J connectivity index is 2.32. The molecule has 2 atom stereocenters. The van der Waals surface area contributed by atoms with Gasteiger partial charge in [0.05, 0.1) is 18.8 Å². The largest absolute Gasteiger partial charge is 0.493 e. The highest BCUT2D eigenvalue weighted by molar-refractivity contribution is 5.41. The standard InChI is InChI=1S/C17H27NO2/c1-6-18-15(16(19-5)17(2,3)4)13-7-8-14-12(11-13)9-10-20-14/h7-8,11,15-16,18H,6,9-10H2,1-5H3. The molecule has 1 aliphatic heterocycles. The van der Waals surface area contributed by atoms with E-state index in [-0.39, 0.29) is 17.6 Å². The number of benzene rings is 1. The molecule has 0 saturated heterocycles. The molecule has 2 unspecified atom stereocenters. The maximum atomic E-state index is 5.81. The molecule has 2 rings (SSSR count). The minimum absolute atomic E-state index is 0.0805. The van der Waals surface area contributed by atoms with Gasteiger partial charge in [0, 0.05) is 13.5 Å². The van der Waals surface area contributed by atoms with Crippen LogP contribution in [0, 0.1) is 5.41 Å². The summed E-state index contributed by atoms with van der Waals surface area (Å²) in [5.74, 6) is 1.04. The van der Waals surface area contributed by atoms with E-state index in [0.29, 0.717) is 0 Å². The third-order valence-corrected chi connectivity index (χ3v) is 3.91. The molecule has 3 heteroatoms.